The van der Waals surface area contributed by atoms with E-state index in [4.69, 9.17) is 0 Å². The maximum Gasteiger partial charge on any atom is 0.130 e. The van der Waals surface area contributed by atoms with E-state index in [1.54, 1.807) is 0 Å². The van der Waals surface area contributed by atoms with E-state index in [1.165, 1.54) is 12.1 Å². The van der Waals surface area contributed by atoms with Crippen molar-refractivity contribution < 1.29 is 4.39 Å². The molecule has 3 nitrogen and oxygen atoms in total. The summed E-state index contributed by atoms with van der Waals surface area (Å²) in [5, 5.41) is 3.38. The Morgan fingerprint density at radius 2 is 1.90 bits per heavy atom. The van der Waals surface area contributed by atoms with Crippen LogP contribution >= 0.6 is 0 Å². The quantitative estimate of drug-likeness (QED) is 0.905. The van der Waals surface area contributed by atoms with Crippen molar-refractivity contribution in [3.63, 3.8) is 0 Å². The first-order valence-corrected chi connectivity index (χ1v) is 6.92. The molecule has 0 bridgehead atoms. The Morgan fingerprint density at radius 1 is 1.20 bits per heavy atom. The summed E-state index contributed by atoms with van der Waals surface area (Å²) in [4.78, 5) is 8.76. The van der Waals surface area contributed by atoms with Gasteiger partial charge in [-0.1, -0.05) is 19.1 Å². The zero-order chi connectivity index (χ0) is 14.5. The van der Waals surface area contributed by atoms with Crippen LogP contribution in [0.3, 0.4) is 0 Å². The lowest BCUT2D eigenvalue weighted by molar-refractivity contribution is 0.626. The average Bonchev–Trinajstić information content (AvgIpc) is 2.40. The summed E-state index contributed by atoms with van der Waals surface area (Å²) >= 11 is 0. The second-order valence-corrected chi connectivity index (χ2v) is 5.02. The van der Waals surface area contributed by atoms with Gasteiger partial charge in [-0.25, -0.2) is 14.4 Å². The van der Waals surface area contributed by atoms with Gasteiger partial charge in [0, 0.05) is 17.8 Å². The molecule has 1 aromatic carbocycles. The normalized spacial score (nSPS) is 12.2. The number of benzene rings is 1. The molecule has 0 spiro atoms. The molecule has 0 aliphatic rings. The van der Waals surface area contributed by atoms with Crippen LogP contribution in [0.2, 0.25) is 0 Å². The Bertz CT molecular complexity index is 566. The molecule has 4 heteroatoms. The van der Waals surface area contributed by atoms with Crippen LogP contribution < -0.4 is 5.32 Å². The summed E-state index contributed by atoms with van der Waals surface area (Å²) in [5.74, 6) is 1.43. The third kappa shape index (κ3) is 4.02. The van der Waals surface area contributed by atoms with Crippen molar-refractivity contribution in [1.82, 2.24) is 9.97 Å². The molecule has 1 unspecified atom stereocenters. The topological polar surface area (TPSA) is 37.8 Å². The third-order valence-corrected chi connectivity index (χ3v) is 3.10. The van der Waals surface area contributed by atoms with E-state index in [1.807, 2.05) is 25.1 Å². The molecule has 1 aromatic heterocycles. The number of nitrogens with zero attached hydrogens (tertiary/aromatic N) is 2. The van der Waals surface area contributed by atoms with Crippen molar-refractivity contribution >= 4 is 5.82 Å². The number of aromatic nitrogens is 2. The van der Waals surface area contributed by atoms with E-state index >= 15 is 0 Å². The third-order valence-electron chi connectivity index (χ3n) is 3.10. The van der Waals surface area contributed by atoms with Crippen LogP contribution in [0.4, 0.5) is 10.2 Å². The average molecular weight is 273 g/mol. The summed E-state index contributed by atoms with van der Waals surface area (Å²) in [6.07, 6.45) is 1.72. The highest BCUT2D eigenvalue weighted by atomic mass is 19.1. The fraction of sp³-hybridized carbons (Fsp3) is 0.375. The monoisotopic (exact) mass is 273 g/mol. The van der Waals surface area contributed by atoms with Gasteiger partial charge in [0.1, 0.15) is 17.5 Å². The Kier molecular flexibility index (Phi) is 4.66. The second kappa shape index (κ2) is 6.46. The van der Waals surface area contributed by atoms with Gasteiger partial charge in [-0.05, 0) is 44.4 Å². The van der Waals surface area contributed by atoms with Gasteiger partial charge in [0.2, 0.25) is 0 Å². The van der Waals surface area contributed by atoms with Crippen LogP contribution in [-0.2, 0) is 12.8 Å². The molecule has 0 radical (unpaired) electrons. The summed E-state index contributed by atoms with van der Waals surface area (Å²) < 4.78 is 12.9. The van der Waals surface area contributed by atoms with E-state index < -0.39 is 0 Å². The molecule has 0 saturated carbocycles. The molecular weight excluding hydrogens is 253 g/mol. The van der Waals surface area contributed by atoms with Gasteiger partial charge in [0.25, 0.3) is 0 Å². The lowest BCUT2D eigenvalue weighted by Gasteiger charge is -2.15. The van der Waals surface area contributed by atoms with E-state index in [0.717, 1.165) is 35.7 Å². The van der Waals surface area contributed by atoms with Gasteiger partial charge in [-0.2, -0.15) is 0 Å². The molecule has 1 heterocycles. The van der Waals surface area contributed by atoms with Crippen LogP contribution in [0.25, 0.3) is 0 Å². The van der Waals surface area contributed by atoms with E-state index in [2.05, 4.69) is 29.1 Å². The number of hydrogen-bond acceptors (Lipinski definition) is 3. The molecule has 2 aromatic rings. The van der Waals surface area contributed by atoms with Gasteiger partial charge in [0.05, 0.1) is 0 Å². The Labute approximate surface area is 119 Å². The van der Waals surface area contributed by atoms with Crippen LogP contribution in [-0.4, -0.2) is 16.0 Å². The van der Waals surface area contributed by atoms with Crippen molar-refractivity contribution in [3.8, 4) is 0 Å². The fourth-order valence-corrected chi connectivity index (χ4v) is 2.16. The Hall–Kier alpha value is -1.97. The number of anilines is 1. The van der Waals surface area contributed by atoms with Gasteiger partial charge in [-0.3, -0.25) is 0 Å². The predicted octanol–water partition coefficient (Wildman–Crippen LogP) is 3.53. The van der Waals surface area contributed by atoms with E-state index in [9.17, 15) is 4.39 Å². The minimum Gasteiger partial charge on any atom is -0.367 e. The van der Waals surface area contributed by atoms with Crippen LogP contribution in [0.1, 0.15) is 30.9 Å². The van der Waals surface area contributed by atoms with Crippen LogP contribution in [0.15, 0.2) is 30.3 Å². The number of aryl methyl sites for hydroxylation is 2. The molecular formula is C16H20FN3. The molecule has 0 amide bonds. The summed E-state index contributed by atoms with van der Waals surface area (Å²) in [6, 6.07) is 8.82. The zero-order valence-electron chi connectivity index (χ0n) is 12.2. The summed E-state index contributed by atoms with van der Waals surface area (Å²) in [7, 11) is 0. The highest BCUT2D eigenvalue weighted by Crippen LogP contribution is 2.12. The molecule has 0 aliphatic carbocycles. The van der Waals surface area contributed by atoms with Crippen molar-refractivity contribution in [3.05, 3.63) is 53.2 Å². The lowest BCUT2D eigenvalue weighted by Crippen LogP contribution is -2.19. The SMILES string of the molecule is CCc1cc(NC(C)Cc2ccc(F)cc2)nc(C)n1. The number of halogens is 1. The minimum atomic E-state index is -0.201. The van der Waals surface area contributed by atoms with Crippen molar-refractivity contribution in [2.45, 2.75) is 39.7 Å². The second-order valence-electron chi connectivity index (χ2n) is 5.02. The van der Waals surface area contributed by atoms with Gasteiger partial charge in [-0.15, -0.1) is 0 Å². The largest absolute Gasteiger partial charge is 0.367 e. The molecule has 0 saturated heterocycles. The Balaban J connectivity index is 2.02. The number of hydrogen-bond donors (Lipinski definition) is 1. The number of rotatable bonds is 5. The van der Waals surface area contributed by atoms with E-state index in [-0.39, 0.29) is 11.9 Å². The first-order chi connectivity index (χ1) is 9.56. The molecule has 1 N–H and O–H groups in total. The Morgan fingerprint density at radius 3 is 2.55 bits per heavy atom. The molecule has 1 atom stereocenters. The first kappa shape index (κ1) is 14.4. The molecule has 0 fully saturated rings. The predicted molar refractivity (Wildman–Crippen MR) is 79.3 cm³/mol. The maximum atomic E-state index is 12.9. The lowest BCUT2D eigenvalue weighted by atomic mass is 10.1. The highest BCUT2D eigenvalue weighted by molar-refractivity contribution is 5.37. The smallest absolute Gasteiger partial charge is 0.130 e. The molecule has 0 aliphatic heterocycles. The minimum absolute atomic E-state index is 0.201. The number of nitrogens with one attached hydrogen (secondary N) is 1. The molecule has 20 heavy (non-hydrogen) atoms. The summed E-state index contributed by atoms with van der Waals surface area (Å²) in [6.45, 7) is 6.06. The van der Waals surface area contributed by atoms with E-state index in [0.29, 0.717) is 0 Å². The maximum absolute atomic E-state index is 12.9. The van der Waals surface area contributed by atoms with Gasteiger partial charge in [0.15, 0.2) is 0 Å². The molecule has 106 valence electrons. The first-order valence-electron chi connectivity index (χ1n) is 6.92. The van der Waals surface area contributed by atoms with Gasteiger partial charge >= 0.3 is 0 Å². The van der Waals surface area contributed by atoms with Crippen molar-refractivity contribution in [2.75, 3.05) is 5.32 Å². The van der Waals surface area contributed by atoms with Crippen LogP contribution in [0, 0.1) is 12.7 Å². The van der Waals surface area contributed by atoms with Crippen molar-refractivity contribution in [1.29, 1.82) is 0 Å². The zero-order valence-corrected chi connectivity index (χ0v) is 12.2. The standard InChI is InChI=1S/C16H20FN3/c1-4-15-10-16(20-12(3)19-15)18-11(2)9-13-5-7-14(17)8-6-13/h5-8,10-11H,4,9H2,1-3H3,(H,18,19,20). The highest BCUT2D eigenvalue weighted by Gasteiger charge is 2.06. The summed E-state index contributed by atoms with van der Waals surface area (Å²) in [5.41, 5.74) is 2.14. The van der Waals surface area contributed by atoms with Crippen molar-refractivity contribution in [2.24, 2.45) is 0 Å². The fourth-order valence-electron chi connectivity index (χ4n) is 2.16. The van der Waals surface area contributed by atoms with Crippen LogP contribution in [0.5, 0.6) is 0 Å². The van der Waals surface area contributed by atoms with Gasteiger partial charge < -0.3 is 5.32 Å². The molecule has 2 rings (SSSR count).